The summed E-state index contributed by atoms with van der Waals surface area (Å²) in [5.41, 5.74) is 7.62. The van der Waals surface area contributed by atoms with Gasteiger partial charge in [0.15, 0.2) is 0 Å². The highest BCUT2D eigenvalue weighted by Gasteiger charge is 2.39. The molecule has 6 aromatic rings. The number of hydrogen-bond acceptors (Lipinski definition) is 1. The quantitative estimate of drug-likeness (QED) is 0.0776. The van der Waals surface area contributed by atoms with Gasteiger partial charge in [-0.1, -0.05) is 182 Å². The molecule has 46 heavy (non-hydrogen) atoms. The smallest absolute Gasteiger partial charge is 0.302 e. The van der Waals surface area contributed by atoms with Crippen molar-refractivity contribution in [1.29, 1.82) is 0 Å². The Labute approximate surface area is 274 Å². The topological polar surface area (TPSA) is 15.6 Å². The minimum absolute atomic E-state index is 0.606. The highest BCUT2D eigenvalue weighted by Crippen LogP contribution is 2.29. The normalized spacial score (nSPS) is 11.7. The molecule has 0 unspecified atom stereocenters. The zero-order valence-electron chi connectivity index (χ0n) is 26.4. The lowest BCUT2D eigenvalue weighted by molar-refractivity contribution is -0.888. The van der Waals surface area contributed by atoms with Crippen molar-refractivity contribution in [2.75, 3.05) is 0 Å². The molecule has 0 aliphatic heterocycles. The molecule has 0 heterocycles. The SMILES string of the molecule is c1ccc(CN=C(N(Cc2ccccc2)Cc2ccccc2)[N+](Cc2ccccc2)(Cc2ccccc2)Cc2ccccc2)cc1. The van der Waals surface area contributed by atoms with E-state index in [-0.39, 0.29) is 0 Å². The molecule has 0 bridgehead atoms. The lowest BCUT2D eigenvalue weighted by Crippen LogP contribution is -2.57. The van der Waals surface area contributed by atoms with E-state index in [0.717, 1.165) is 38.7 Å². The first-order valence-electron chi connectivity index (χ1n) is 16.2. The Bertz CT molecular complexity index is 1610. The molecule has 6 aromatic carbocycles. The first-order valence-corrected chi connectivity index (χ1v) is 16.2. The Hall–Kier alpha value is -5.25. The fourth-order valence-corrected chi connectivity index (χ4v) is 6.28. The molecule has 0 saturated carbocycles. The second kappa shape index (κ2) is 15.7. The summed E-state index contributed by atoms with van der Waals surface area (Å²) in [6, 6.07) is 65.1. The standard InChI is InChI=1S/C43H42N3/c1-7-19-37(20-8-1)31-44-43(45(32-38-21-9-2-10-22-38)33-39-23-11-3-12-24-39)46(34-40-25-13-4-14-26-40,35-41-27-15-5-16-28-41)36-42-29-17-6-18-30-42/h1-30H,31-36H2/q+1. The van der Waals surface area contributed by atoms with Crippen molar-refractivity contribution in [2.45, 2.75) is 39.3 Å². The van der Waals surface area contributed by atoms with Crippen LogP contribution in [-0.2, 0) is 39.3 Å². The Morgan fingerprint density at radius 1 is 0.370 bits per heavy atom. The monoisotopic (exact) mass is 600 g/mol. The number of hydrogen-bond donors (Lipinski definition) is 0. The summed E-state index contributed by atoms with van der Waals surface area (Å²) < 4.78 is 0.643. The predicted octanol–water partition coefficient (Wildman–Crippen LogP) is 9.66. The van der Waals surface area contributed by atoms with Crippen LogP contribution in [0.3, 0.4) is 0 Å². The number of benzene rings is 6. The number of quaternary nitrogens is 1. The van der Waals surface area contributed by atoms with Gasteiger partial charge in [-0.3, -0.25) is 0 Å². The van der Waals surface area contributed by atoms with Gasteiger partial charge in [0.2, 0.25) is 0 Å². The minimum Gasteiger partial charge on any atom is -0.303 e. The van der Waals surface area contributed by atoms with Crippen molar-refractivity contribution in [3.8, 4) is 0 Å². The van der Waals surface area contributed by atoms with Crippen LogP contribution in [0.25, 0.3) is 0 Å². The van der Waals surface area contributed by atoms with Gasteiger partial charge in [0.25, 0.3) is 0 Å². The van der Waals surface area contributed by atoms with Gasteiger partial charge in [-0.2, -0.15) is 0 Å². The van der Waals surface area contributed by atoms with Crippen LogP contribution in [0, 0.1) is 0 Å². The lowest BCUT2D eigenvalue weighted by Gasteiger charge is -2.43. The van der Waals surface area contributed by atoms with Crippen LogP contribution in [0.5, 0.6) is 0 Å². The number of guanidine groups is 1. The predicted molar refractivity (Wildman–Crippen MR) is 190 cm³/mol. The molecule has 0 aliphatic rings. The van der Waals surface area contributed by atoms with Gasteiger partial charge in [0.05, 0.1) is 6.54 Å². The van der Waals surface area contributed by atoms with E-state index in [9.17, 15) is 0 Å². The lowest BCUT2D eigenvalue weighted by atomic mass is 10.1. The van der Waals surface area contributed by atoms with E-state index < -0.39 is 0 Å². The second-order valence-electron chi connectivity index (χ2n) is 12.0. The van der Waals surface area contributed by atoms with E-state index in [2.05, 4.69) is 187 Å². The Morgan fingerprint density at radius 2 is 0.652 bits per heavy atom. The highest BCUT2D eigenvalue weighted by molar-refractivity contribution is 5.74. The molecular weight excluding hydrogens is 558 g/mol. The van der Waals surface area contributed by atoms with Crippen LogP contribution in [0.1, 0.15) is 33.4 Å². The molecule has 3 nitrogen and oxygen atoms in total. The third kappa shape index (κ3) is 8.47. The highest BCUT2D eigenvalue weighted by atomic mass is 15.5. The van der Waals surface area contributed by atoms with Crippen molar-refractivity contribution < 1.29 is 4.48 Å². The van der Waals surface area contributed by atoms with E-state index in [4.69, 9.17) is 4.99 Å². The van der Waals surface area contributed by atoms with Crippen LogP contribution >= 0.6 is 0 Å². The van der Waals surface area contributed by atoms with Crippen molar-refractivity contribution >= 4 is 5.96 Å². The van der Waals surface area contributed by atoms with Crippen LogP contribution in [0.4, 0.5) is 0 Å². The van der Waals surface area contributed by atoms with E-state index in [0.29, 0.717) is 11.0 Å². The average molecular weight is 601 g/mol. The fourth-order valence-electron chi connectivity index (χ4n) is 6.28. The summed E-state index contributed by atoms with van der Waals surface area (Å²) in [6.07, 6.45) is 0. The van der Waals surface area contributed by atoms with Crippen LogP contribution < -0.4 is 0 Å². The van der Waals surface area contributed by atoms with E-state index in [1.54, 1.807) is 0 Å². The molecule has 0 aliphatic carbocycles. The van der Waals surface area contributed by atoms with Gasteiger partial charge in [-0.05, 0) is 16.7 Å². The van der Waals surface area contributed by atoms with E-state index in [1.165, 1.54) is 33.4 Å². The van der Waals surface area contributed by atoms with Gasteiger partial charge >= 0.3 is 5.96 Å². The maximum atomic E-state index is 5.66. The van der Waals surface area contributed by atoms with Gasteiger partial charge in [-0.15, -0.1) is 0 Å². The van der Waals surface area contributed by atoms with Crippen LogP contribution in [0.15, 0.2) is 187 Å². The fraction of sp³-hybridized carbons (Fsp3) is 0.140. The first-order chi connectivity index (χ1) is 22.8. The van der Waals surface area contributed by atoms with Crippen molar-refractivity contribution in [1.82, 2.24) is 4.90 Å². The van der Waals surface area contributed by atoms with Crippen molar-refractivity contribution in [3.63, 3.8) is 0 Å². The van der Waals surface area contributed by atoms with Gasteiger partial charge in [-0.25, -0.2) is 9.48 Å². The molecule has 228 valence electrons. The van der Waals surface area contributed by atoms with Gasteiger partial charge in [0, 0.05) is 29.8 Å². The summed E-state index contributed by atoms with van der Waals surface area (Å²) in [4.78, 5) is 8.19. The number of nitrogens with zero attached hydrogens (tertiary/aromatic N) is 3. The number of aliphatic imine (C=N–C) groups is 1. The summed E-state index contributed by atoms with van der Waals surface area (Å²) in [5.74, 6) is 1.09. The van der Waals surface area contributed by atoms with Crippen LogP contribution in [0.2, 0.25) is 0 Å². The molecule has 0 aromatic heterocycles. The Balaban J connectivity index is 1.57. The molecule has 0 radical (unpaired) electrons. The average Bonchev–Trinajstić information content (AvgIpc) is 3.11. The largest absolute Gasteiger partial charge is 0.303 e. The molecular formula is C43H42N3+. The third-order valence-electron chi connectivity index (χ3n) is 8.37. The Kier molecular flexibility index (Phi) is 10.5. The molecule has 0 N–H and O–H groups in total. The van der Waals surface area contributed by atoms with Gasteiger partial charge in [0.1, 0.15) is 19.6 Å². The maximum absolute atomic E-state index is 5.66. The molecule has 3 heteroatoms. The zero-order valence-corrected chi connectivity index (χ0v) is 26.4. The van der Waals surface area contributed by atoms with Crippen molar-refractivity contribution in [2.24, 2.45) is 4.99 Å². The maximum Gasteiger partial charge on any atom is 0.302 e. The number of rotatable bonds is 12. The van der Waals surface area contributed by atoms with Crippen molar-refractivity contribution in [3.05, 3.63) is 215 Å². The molecule has 0 atom stereocenters. The molecule has 6 rings (SSSR count). The molecule has 0 spiro atoms. The summed E-state index contributed by atoms with van der Waals surface area (Å²) in [6.45, 7) is 4.52. The summed E-state index contributed by atoms with van der Waals surface area (Å²) >= 11 is 0. The van der Waals surface area contributed by atoms with E-state index >= 15 is 0 Å². The van der Waals surface area contributed by atoms with Gasteiger partial charge < -0.3 is 4.90 Å². The summed E-state index contributed by atoms with van der Waals surface area (Å²) in [5, 5.41) is 0. The summed E-state index contributed by atoms with van der Waals surface area (Å²) in [7, 11) is 0. The first kappa shape index (κ1) is 30.8. The molecule has 0 amide bonds. The second-order valence-corrected chi connectivity index (χ2v) is 12.0. The zero-order chi connectivity index (χ0) is 31.3. The molecule has 0 saturated heterocycles. The van der Waals surface area contributed by atoms with E-state index in [1.807, 2.05) is 0 Å². The molecule has 0 fully saturated rings. The third-order valence-corrected chi connectivity index (χ3v) is 8.37. The Morgan fingerprint density at radius 3 is 0.978 bits per heavy atom. The minimum atomic E-state index is 0.606. The van der Waals surface area contributed by atoms with Crippen LogP contribution in [-0.4, -0.2) is 15.3 Å².